The lowest BCUT2D eigenvalue weighted by Crippen LogP contribution is -2.11. The standard InChI is InChI=1S/C12H17N3/c1-12(2,3)9-5-8-7-14-15(4)11(8)10(13)6-9/h5-7H,13H2,1-4H3. The number of rotatable bonds is 0. The Kier molecular flexibility index (Phi) is 2.00. The van der Waals surface area contributed by atoms with E-state index < -0.39 is 0 Å². The fourth-order valence-corrected chi connectivity index (χ4v) is 1.79. The van der Waals surface area contributed by atoms with Crippen LogP contribution in [0.15, 0.2) is 18.3 Å². The van der Waals surface area contributed by atoms with Gasteiger partial charge in [0.05, 0.1) is 17.4 Å². The van der Waals surface area contributed by atoms with Crippen LogP contribution in [0, 0.1) is 0 Å². The summed E-state index contributed by atoms with van der Waals surface area (Å²) in [5.41, 5.74) is 9.23. The Morgan fingerprint density at radius 2 is 1.93 bits per heavy atom. The first-order valence-electron chi connectivity index (χ1n) is 5.11. The highest BCUT2D eigenvalue weighted by Gasteiger charge is 2.16. The van der Waals surface area contributed by atoms with Crippen molar-refractivity contribution in [2.45, 2.75) is 26.2 Å². The zero-order valence-electron chi connectivity index (χ0n) is 9.70. The first-order chi connectivity index (χ1) is 6.89. The van der Waals surface area contributed by atoms with Gasteiger partial charge in [0.25, 0.3) is 0 Å². The zero-order valence-corrected chi connectivity index (χ0v) is 9.70. The van der Waals surface area contributed by atoms with Crippen molar-refractivity contribution in [3.63, 3.8) is 0 Å². The van der Waals surface area contributed by atoms with Gasteiger partial charge in [0, 0.05) is 12.4 Å². The molecule has 0 aliphatic heterocycles. The van der Waals surface area contributed by atoms with Crippen LogP contribution in [0.25, 0.3) is 10.9 Å². The predicted molar refractivity (Wildman–Crippen MR) is 63.8 cm³/mol. The number of anilines is 1. The number of nitrogens with two attached hydrogens (primary N) is 1. The van der Waals surface area contributed by atoms with Crippen molar-refractivity contribution in [2.24, 2.45) is 7.05 Å². The Morgan fingerprint density at radius 3 is 2.53 bits per heavy atom. The fourth-order valence-electron chi connectivity index (χ4n) is 1.79. The molecule has 0 fully saturated rings. The van der Waals surface area contributed by atoms with E-state index in [0.717, 1.165) is 16.6 Å². The lowest BCUT2D eigenvalue weighted by atomic mass is 9.86. The normalized spacial score (nSPS) is 12.3. The third-order valence-corrected chi connectivity index (χ3v) is 2.73. The summed E-state index contributed by atoms with van der Waals surface area (Å²) in [5.74, 6) is 0. The zero-order chi connectivity index (χ0) is 11.2. The number of benzene rings is 1. The van der Waals surface area contributed by atoms with E-state index in [9.17, 15) is 0 Å². The topological polar surface area (TPSA) is 43.8 Å². The quantitative estimate of drug-likeness (QED) is 0.668. The van der Waals surface area contributed by atoms with E-state index in [1.165, 1.54) is 5.56 Å². The third kappa shape index (κ3) is 1.58. The van der Waals surface area contributed by atoms with Gasteiger partial charge in [0.1, 0.15) is 0 Å². The Labute approximate surface area is 89.9 Å². The molecule has 2 N–H and O–H groups in total. The highest BCUT2D eigenvalue weighted by Crippen LogP contribution is 2.29. The molecule has 2 rings (SSSR count). The van der Waals surface area contributed by atoms with E-state index >= 15 is 0 Å². The summed E-state index contributed by atoms with van der Waals surface area (Å²) in [6.45, 7) is 6.55. The molecule has 0 unspecified atom stereocenters. The number of fused-ring (bicyclic) bond motifs is 1. The van der Waals surface area contributed by atoms with E-state index in [1.54, 1.807) is 0 Å². The summed E-state index contributed by atoms with van der Waals surface area (Å²) < 4.78 is 1.82. The van der Waals surface area contributed by atoms with Crippen molar-refractivity contribution in [3.8, 4) is 0 Å². The molecule has 0 saturated heterocycles. The predicted octanol–water partition coefficient (Wildman–Crippen LogP) is 2.45. The Balaban J connectivity index is 2.74. The lowest BCUT2D eigenvalue weighted by Gasteiger charge is -2.19. The molecule has 0 atom stereocenters. The molecule has 3 nitrogen and oxygen atoms in total. The maximum Gasteiger partial charge on any atom is 0.0908 e. The molecule has 2 aromatic rings. The maximum atomic E-state index is 6.04. The van der Waals surface area contributed by atoms with Gasteiger partial charge < -0.3 is 5.73 Å². The molecule has 0 aliphatic carbocycles. The number of hydrogen-bond acceptors (Lipinski definition) is 2. The first kappa shape index (κ1) is 10.0. The molecule has 0 amide bonds. The first-order valence-corrected chi connectivity index (χ1v) is 5.11. The summed E-state index contributed by atoms with van der Waals surface area (Å²) in [4.78, 5) is 0. The van der Waals surface area contributed by atoms with Crippen LogP contribution in [0.1, 0.15) is 26.3 Å². The van der Waals surface area contributed by atoms with Crippen molar-refractivity contribution in [1.82, 2.24) is 9.78 Å². The van der Waals surface area contributed by atoms with Gasteiger partial charge in [-0.2, -0.15) is 5.10 Å². The molecular formula is C12H17N3. The number of hydrogen-bond donors (Lipinski definition) is 1. The molecule has 1 aromatic carbocycles. The van der Waals surface area contributed by atoms with Crippen LogP contribution in [0.2, 0.25) is 0 Å². The van der Waals surface area contributed by atoms with Crippen LogP contribution in [-0.2, 0) is 12.5 Å². The van der Waals surface area contributed by atoms with Crippen molar-refractivity contribution in [2.75, 3.05) is 5.73 Å². The summed E-state index contributed by atoms with van der Waals surface area (Å²) in [6.07, 6.45) is 1.86. The van der Waals surface area contributed by atoms with Gasteiger partial charge in [0.2, 0.25) is 0 Å². The van der Waals surface area contributed by atoms with Gasteiger partial charge in [-0.3, -0.25) is 4.68 Å². The molecule has 80 valence electrons. The van der Waals surface area contributed by atoms with Gasteiger partial charge in [0.15, 0.2) is 0 Å². The van der Waals surface area contributed by atoms with Gasteiger partial charge >= 0.3 is 0 Å². The second kappa shape index (κ2) is 2.99. The van der Waals surface area contributed by atoms with E-state index in [1.807, 2.05) is 24.0 Å². The van der Waals surface area contributed by atoms with E-state index in [0.29, 0.717) is 0 Å². The average Bonchev–Trinajstić information content (AvgIpc) is 2.46. The van der Waals surface area contributed by atoms with E-state index in [-0.39, 0.29) is 5.41 Å². The molecule has 1 heterocycles. The molecule has 0 spiro atoms. The number of nitrogen functional groups attached to an aromatic ring is 1. The SMILES string of the molecule is Cn1ncc2cc(C(C)(C)C)cc(N)c21. The average molecular weight is 203 g/mol. The summed E-state index contributed by atoms with van der Waals surface area (Å²) >= 11 is 0. The highest BCUT2D eigenvalue weighted by atomic mass is 15.3. The Bertz CT molecular complexity index is 503. The maximum absolute atomic E-state index is 6.04. The number of aromatic nitrogens is 2. The highest BCUT2D eigenvalue weighted by molar-refractivity contribution is 5.90. The Morgan fingerprint density at radius 1 is 1.27 bits per heavy atom. The van der Waals surface area contributed by atoms with Crippen molar-refractivity contribution in [3.05, 3.63) is 23.9 Å². The minimum absolute atomic E-state index is 0.123. The molecule has 0 radical (unpaired) electrons. The van der Waals surface area contributed by atoms with Gasteiger partial charge in [-0.15, -0.1) is 0 Å². The fraction of sp³-hybridized carbons (Fsp3) is 0.417. The molecular weight excluding hydrogens is 186 g/mol. The van der Waals surface area contributed by atoms with Crippen LogP contribution in [0.4, 0.5) is 5.69 Å². The second-order valence-electron chi connectivity index (χ2n) is 5.02. The van der Waals surface area contributed by atoms with E-state index in [4.69, 9.17) is 5.73 Å². The number of nitrogens with zero attached hydrogens (tertiary/aromatic N) is 2. The van der Waals surface area contributed by atoms with Crippen LogP contribution < -0.4 is 5.73 Å². The van der Waals surface area contributed by atoms with Crippen LogP contribution in [0.5, 0.6) is 0 Å². The van der Waals surface area contributed by atoms with Crippen molar-refractivity contribution in [1.29, 1.82) is 0 Å². The molecule has 3 heteroatoms. The number of aryl methyl sites for hydroxylation is 1. The van der Waals surface area contributed by atoms with Crippen LogP contribution in [-0.4, -0.2) is 9.78 Å². The smallest absolute Gasteiger partial charge is 0.0908 e. The monoisotopic (exact) mass is 203 g/mol. The molecule has 15 heavy (non-hydrogen) atoms. The van der Waals surface area contributed by atoms with Crippen LogP contribution in [0.3, 0.4) is 0 Å². The van der Waals surface area contributed by atoms with Gasteiger partial charge in [-0.05, 0) is 23.1 Å². The molecule has 0 aliphatic rings. The molecule has 0 saturated carbocycles. The lowest BCUT2D eigenvalue weighted by molar-refractivity contribution is 0.591. The van der Waals surface area contributed by atoms with Gasteiger partial charge in [-0.1, -0.05) is 20.8 Å². The largest absolute Gasteiger partial charge is 0.397 e. The third-order valence-electron chi connectivity index (χ3n) is 2.73. The minimum atomic E-state index is 0.123. The second-order valence-corrected chi connectivity index (χ2v) is 5.02. The minimum Gasteiger partial charge on any atom is -0.397 e. The summed E-state index contributed by atoms with van der Waals surface area (Å²) in [5, 5.41) is 5.33. The van der Waals surface area contributed by atoms with Crippen molar-refractivity contribution >= 4 is 16.6 Å². The summed E-state index contributed by atoms with van der Waals surface area (Å²) in [6, 6.07) is 4.21. The van der Waals surface area contributed by atoms with Crippen LogP contribution >= 0.6 is 0 Å². The molecule has 0 bridgehead atoms. The molecule has 1 aromatic heterocycles. The van der Waals surface area contributed by atoms with Crippen molar-refractivity contribution < 1.29 is 0 Å². The van der Waals surface area contributed by atoms with E-state index in [2.05, 4.69) is 31.9 Å². The Hall–Kier alpha value is -1.51. The summed E-state index contributed by atoms with van der Waals surface area (Å²) in [7, 11) is 1.91. The van der Waals surface area contributed by atoms with Gasteiger partial charge in [-0.25, -0.2) is 0 Å².